The highest BCUT2D eigenvalue weighted by Crippen LogP contribution is 2.34. The van der Waals surface area contributed by atoms with Gasteiger partial charge in [0.15, 0.2) is 5.69 Å². The number of ether oxygens (including phenoxy) is 2. The van der Waals surface area contributed by atoms with E-state index in [1.807, 2.05) is 57.6 Å². The Balaban J connectivity index is 1.74. The fraction of sp³-hybridized carbons (Fsp3) is 0.318. The van der Waals surface area contributed by atoms with Crippen molar-refractivity contribution in [3.05, 3.63) is 65.6 Å². The van der Waals surface area contributed by atoms with E-state index in [1.54, 1.807) is 28.6 Å². The molecule has 2 atom stereocenters. The summed E-state index contributed by atoms with van der Waals surface area (Å²) in [6, 6.07) is 9.57. The summed E-state index contributed by atoms with van der Waals surface area (Å²) < 4.78 is 14.8. The minimum absolute atomic E-state index is 0.182. The topological polar surface area (TPSA) is 83.2 Å². The maximum Gasteiger partial charge on any atom is 0.356 e. The van der Waals surface area contributed by atoms with Crippen LogP contribution < -0.4 is 5.32 Å². The summed E-state index contributed by atoms with van der Waals surface area (Å²) >= 11 is 0. The van der Waals surface area contributed by atoms with Crippen LogP contribution in [0.4, 0.5) is 0 Å². The van der Waals surface area contributed by atoms with Crippen LogP contribution in [0.15, 0.2) is 48.8 Å². The number of benzene rings is 1. The summed E-state index contributed by atoms with van der Waals surface area (Å²) in [5.74, 6) is 0.257. The third-order valence-corrected chi connectivity index (χ3v) is 4.98. The summed E-state index contributed by atoms with van der Waals surface area (Å²) in [5.41, 5.74) is 3.95. The SMILES string of the molecule is CCOC(=O)c1cc(-c2cccc(C)c2)nn1C1OC(c2cnn(C)c2)=CC1NC. The number of carbonyl (C=O) groups is 1. The van der Waals surface area contributed by atoms with E-state index in [2.05, 4.69) is 10.4 Å². The molecule has 1 aromatic carbocycles. The van der Waals surface area contributed by atoms with Crippen LogP contribution in [0.1, 0.15) is 34.8 Å². The first-order chi connectivity index (χ1) is 14.5. The van der Waals surface area contributed by atoms with Crippen LogP contribution in [0.3, 0.4) is 0 Å². The second-order valence-corrected chi connectivity index (χ2v) is 7.21. The number of aromatic nitrogens is 4. The van der Waals surface area contributed by atoms with Gasteiger partial charge < -0.3 is 14.8 Å². The molecule has 0 saturated heterocycles. The van der Waals surface area contributed by atoms with Crippen LogP contribution in [0.2, 0.25) is 0 Å². The van der Waals surface area contributed by atoms with E-state index in [9.17, 15) is 4.79 Å². The van der Waals surface area contributed by atoms with Crippen LogP contribution in [-0.2, 0) is 16.5 Å². The van der Waals surface area contributed by atoms with Crippen molar-refractivity contribution >= 4 is 11.7 Å². The van der Waals surface area contributed by atoms with E-state index in [0.717, 1.165) is 16.7 Å². The Morgan fingerprint density at radius 3 is 2.80 bits per heavy atom. The molecule has 3 heterocycles. The van der Waals surface area contributed by atoms with Crippen LogP contribution in [0.5, 0.6) is 0 Å². The Morgan fingerprint density at radius 2 is 2.13 bits per heavy atom. The molecule has 0 spiro atoms. The Hall–Kier alpha value is -3.39. The molecule has 3 aromatic rings. The van der Waals surface area contributed by atoms with E-state index < -0.39 is 12.2 Å². The second-order valence-electron chi connectivity index (χ2n) is 7.21. The van der Waals surface area contributed by atoms with Gasteiger partial charge in [-0.15, -0.1) is 0 Å². The van der Waals surface area contributed by atoms with Gasteiger partial charge in [-0.25, -0.2) is 9.48 Å². The van der Waals surface area contributed by atoms with Gasteiger partial charge in [0.25, 0.3) is 0 Å². The van der Waals surface area contributed by atoms with Crippen molar-refractivity contribution < 1.29 is 14.3 Å². The van der Waals surface area contributed by atoms with E-state index in [4.69, 9.17) is 14.6 Å². The fourth-order valence-corrected chi connectivity index (χ4v) is 3.52. The maximum absolute atomic E-state index is 12.7. The van der Waals surface area contributed by atoms with Crippen LogP contribution >= 0.6 is 0 Å². The molecule has 1 aliphatic heterocycles. The summed E-state index contributed by atoms with van der Waals surface area (Å²) in [6.07, 6.45) is 5.07. The average molecular weight is 407 g/mol. The first-order valence-corrected chi connectivity index (χ1v) is 9.88. The third-order valence-electron chi connectivity index (χ3n) is 4.98. The Kier molecular flexibility index (Phi) is 5.41. The second kappa shape index (κ2) is 8.16. The highest BCUT2D eigenvalue weighted by Gasteiger charge is 2.35. The number of hydrogen-bond acceptors (Lipinski definition) is 6. The van der Waals surface area contributed by atoms with Gasteiger partial charge in [0, 0.05) is 18.8 Å². The lowest BCUT2D eigenvalue weighted by Gasteiger charge is -2.21. The molecule has 0 aliphatic carbocycles. The van der Waals surface area contributed by atoms with E-state index in [0.29, 0.717) is 17.1 Å². The fourth-order valence-electron chi connectivity index (χ4n) is 3.52. The van der Waals surface area contributed by atoms with Gasteiger partial charge >= 0.3 is 5.97 Å². The van der Waals surface area contributed by atoms with Crippen LogP contribution in [0, 0.1) is 6.92 Å². The molecule has 30 heavy (non-hydrogen) atoms. The molecule has 1 aliphatic rings. The molecule has 0 saturated carbocycles. The molecule has 2 aromatic heterocycles. The van der Waals surface area contributed by atoms with Crippen molar-refractivity contribution in [2.45, 2.75) is 26.1 Å². The molecule has 2 unspecified atom stereocenters. The van der Waals surface area contributed by atoms with Gasteiger partial charge in [-0.3, -0.25) is 4.68 Å². The van der Waals surface area contributed by atoms with E-state index in [1.165, 1.54) is 0 Å². The van der Waals surface area contributed by atoms with Crippen molar-refractivity contribution in [1.82, 2.24) is 24.9 Å². The molecule has 0 fully saturated rings. The quantitative estimate of drug-likeness (QED) is 0.633. The predicted octanol–water partition coefficient (Wildman–Crippen LogP) is 2.93. The van der Waals surface area contributed by atoms with E-state index in [-0.39, 0.29) is 12.6 Å². The number of aryl methyl sites for hydroxylation is 2. The van der Waals surface area contributed by atoms with Crippen molar-refractivity contribution in [2.24, 2.45) is 7.05 Å². The van der Waals surface area contributed by atoms with Crippen LogP contribution in [-0.4, -0.2) is 45.2 Å². The highest BCUT2D eigenvalue weighted by atomic mass is 16.5. The Labute approximate surface area is 175 Å². The number of nitrogens with zero attached hydrogens (tertiary/aromatic N) is 4. The van der Waals surface area contributed by atoms with Gasteiger partial charge in [0.2, 0.25) is 6.23 Å². The standard InChI is InChI=1S/C22H25N5O3/c1-5-29-22(28)19-10-17(15-8-6-7-14(2)9-15)25-27(19)21-18(23-3)11-20(30-21)16-12-24-26(4)13-16/h6-13,18,21,23H,5H2,1-4H3. The maximum atomic E-state index is 12.7. The van der Waals surface area contributed by atoms with Gasteiger partial charge in [0.05, 0.1) is 30.1 Å². The van der Waals surface area contributed by atoms with Gasteiger partial charge in [-0.1, -0.05) is 23.8 Å². The lowest BCUT2D eigenvalue weighted by molar-refractivity contribution is 0.0449. The minimum atomic E-state index is -0.539. The first-order valence-electron chi connectivity index (χ1n) is 9.88. The summed E-state index contributed by atoms with van der Waals surface area (Å²) in [5, 5.41) is 12.2. The minimum Gasteiger partial charge on any atom is -0.466 e. The third kappa shape index (κ3) is 3.73. The molecule has 0 bridgehead atoms. The van der Waals surface area contributed by atoms with Crippen molar-refractivity contribution in [3.8, 4) is 11.3 Å². The number of nitrogens with one attached hydrogen (secondary N) is 1. The van der Waals surface area contributed by atoms with Gasteiger partial charge in [-0.2, -0.15) is 10.2 Å². The molecule has 8 heteroatoms. The molecule has 8 nitrogen and oxygen atoms in total. The number of likely N-dealkylation sites (N-methyl/N-ethyl adjacent to an activating group) is 1. The van der Waals surface area contributed by atoms with Crippen LogP contribution in [0.25, 0.3) is 17.0 Å². The average Bonchev–Trinajstić information content (AvgIpc) is 3.45. The number of carbonyl (C=O) groups excluding carboxylic acids is 1. The Morgan fingerprint density at radius 1 is 1.30 bits per heavy atom. The summed E-state index contributed by atoms with van der Waals surface area (Å²) in [4.78, 5) is 12.7. The van der Waals surface area contributed by atoms with Crippen molar-refractivity contribution in [3.63, 3.8) is 0 Å². The zero-order valence-corrected chi connectivity index (χ0v) is 17.5. The lowest BCUT2D eigenvalue weighted by Crippen LogP contribution is -2.33. The summed E-state index contributed by atoms with van der Waals surface area (Å²) in [7, 11) is 3.70. The number of hydrogen-bond donors (Lipinski definition) is 1. The van der Waals surface area contributed by atoms with E-state index >= 15 is 0 Å². The van der Waals surface area contributed by atoms with Crippen molar-refractivity contribution in [1.29, 1.82) is 0 Å². The van der Waals surface area contributed by atoms with Gasteiger partial charge in [-0.05, 0) is 39.1 Å². The molecule has 0 amide bonds. The molecule has 0 radical (unpaired) electrons. The lowest BCUT2D eigenvalue weighted by atomic mass is 10.1. The smallest absolute Gasteiger partial charge is 0.356 e. The van der Waals surface area contributed by atoms with Gasteiger partial charge in [0.1, 0.15) is 5.76 Å². The molecular weight excluding hydrogens is 382 g/mol. The first kappa shape index (κ1) is 19.9. The van der Waals surface area contributed by atoms with Crippen molar-refractivity contribution in [2.75, 3.05) is 13.7 Å². The highest BCUT2D eigenvalue weighted by molar-refractivity contribution is 5.89. The zero-order valence-electron chi connectivity index (χ0n) is 17.5. The number of esters is 1. The monoisotopic (exact) mass is 407 g/mol. The molecule has 4 rings (SSSR count). The summed E-state index contributed by atoms with van der Waals surface area (Å²) in [6.45, 7) is 4.09. The predicted molar refractivity (Wildman–Crippen MR) is 113 cm³/mol. The normalized spacial score (nSPS) is 18.2. The number of rotatable bonds is 6. The molecular formula is C22H25N5O3. The zero-order chi connectivity index (χ0) is 21.3. The molecule has 1 N–H and O–H groups in total. The molecule has 156 valence electrons. The largest absolute Gasteiger partial charge is 0.466 e. The Bertz CT molecular complexity index is 1100.